The number of benzene rings is 2. The van der Waals surface area contributed by atoms with Crippen molar-refractivity contribution in [3.63, 3.8) is 0 Å². The number of rotatable bonds is 3. The van der Waals surface area contributed by atoms with Crippen LogP contribution in [0.15, 0.2) is 40.9 Å². The van der Waals surface area contributed by atoms with Gasteiger partial charge in [-0.25, -0.2) is 0 Å². The van der Waals surface area contributed by atoms with E-state index in [0.717, 1.165) is 39.2 Å². The maximum absolute atomic E-state index is 6.13. The van der Waals surface area contributed by atoms with Crippen molar-refractivity contribution in [3.8, 4) is 11.5 Å². The average Bonchev–Trinajstić information content (AvgIpc) is 2.56. The molecule has 1 unspecified atom stereocenters. The Morgan fingerprint density at radius 3 is 2.73 bits per heavy atom. The number of fused-ring (bicyclic) bond motifs is 1. The van der Waals surface area contributed by atoms with Gasteiger partial charge in [-0.1, -0.05) is 15.9 Å². The van der Waals surface area contributed by atoms with Gasteiger partial charge >= 0.3 is 0 Å². The Balaban J connectivity index is 1.78. The lowest BCUT2D eigenvalue weighted by Gasteiger charge is -2.38. The van der Waals surface area contributed by atoms with Crippen molar-refractivity contribution in [2.45, 2.75) is 38.8 Å². The van der Waals surface area contributed by atoms with Crippen LogP contribution in [0.25, 0.3) is 0 Å². The number of aryl methyl sites for hydroxylation is 1. The van der Waals surface area contributed by atoms with Gasteiger partial charge in [-0.05, 0) is 68.9 Å². The van der Waals surface area contributed by atoms with Crippen LogP contribution in [-0.4, -0.2) is 17.8 Å². The third-order valence-electron chi connectivity index (χ3n) is 4.40. The fourth-order valence-corrected chi connectivity index (χ4v) is 3.64. The first-order valence-electron chi connectivity index (χ1n) is 8.48. The largest absolute Gasteiger partial charge is 0.497 e. The molecular formula is C20H23BrN2O2S. The number of thiocarbonyl (C=S) groups is 1. The molecule has 0 bridgehead atoms. The summed E-state index contributed by atoms with van der Waals surface area (Å²) >= 11 is 9.06. The molecule has 0 aliphatic carbocycles. The molecule has 1 aliphatic rings. The Morgan fingerprint density at radius 1 is 1.27 bits per heavy atom. The first-order valence-corrected chi connectivity index (χ1v) is 9.68. The molecule has 0 radical (unpaired) electrons. The summed E-state index contributed by atoms with van der Waals surface area (Å²) in [6.07, 6.45) is 0.813. The van der Waals surface area contributed by atoms with Crippen molar-refractivity contribution >= 4 is 38.9 Å². The van der Waals surface area contributed by atoms with Gasteiger partial charge in [0.15, 0.2) is 5.11 Å². The summed E-state index contributed by atoms with van der Waals surface area (Å²) in [4.78, 5) is 0. The molecule has 6 heteroatoms. The highest BCUT2D eigenvalue weighted by molar-refractivity contribution is 9.10. The number of nitrogens with one attached hydrogen (secondary N) is 2. The van der Waals surface area contributed by atoms with E-state index in [2.05, 4.69) is 53.4 Å². The molecule has 0 aromatic heterocycles. The molecule has 3 rings (SSSR count). The summed E-state index contributed by atoms with van der Waals surface area (Å²) in [5.74, 6) is 1.62. The number of hydrogen-bond donors (Lipinski definition) is 2. The number of methoxy groups -OCH3 is 1. The number of ether oxygens (including phenoxy) is 2. The van der Waals surface area contributed by atoms with E-state index >= 15 is 0 Å². The van der Waals surface area contributed by atoms with E-state index in [1.54, 1.807) is 7.11 Å². The monoisotopic (exact) mass is 434 g/mol. The highest BCUT2D eigenvalue weighted by Gasteiger charge is 2.34. The Morgan fingerprint density at radius 2 is 2.04 bits per heavy atom. The molecule has 0 amide bonds. The van der Waals surface area contributed by atoms with Gasteiger partial charge in [0.1, 0.15) is 17.1 Å². The topological polar surface area (TPSA) is 42.5 Å². The molecule has 2 aromatic carbocycles. The van der Waals surface area contributed by atoms with Crippen molar-refractivity contribution in [1.82, 2.24) is 5.32 Å². The minimum atomic E-state index is -0.291. The maximum atomic E-state index is 6.13. The van der Waals surface area contributed by atoms with Crippen molar-refractivity contribution in [1.29, 1.82) is 0 Å². The van der Waals surface area contributed by atoms with Crippen LogP contribution in [0.4, 0.5) is 5.69 Å². The van der Waals surface area contributed by atoms with Gasteiger partial charge in [0.2, 0.25) is 0 Å². The molecule has 1 aliphatic heterocycles. The number of halogens is 1. The summed E-state index contributed by atoms with van der Waals surface area (Å²) in [5, 5.41) is 7.30. The Bertz CT molecular complexity index is 839. The first kappa shape index (κ1) is 19.0. The molecular weight excluding hydrogens is 412 g/mol. The summed E-state index contributed by atoms with van der Waals surface area (Å²) < 4.78 is 12.5. The van der Waals surface area contributed by atoms with E-state index in [1.165, 1.54) is 0 Å². The van der Waals surface area contributed by atoms with E-state index in [4.69, 9.17) is 21.7 Å². The number of hydrogen-bond acceptors (Lipinski definition) is 3. The van der Waals surface area contributed by atoms with E-state index < -0.39 is 0 Å². The van der Waals surface area contributed by atoms with Gasteiger partial charge < -0.3 is 20.1 Å². The quantitative estimate of drug-likeness (QED) is 0.636. The maximum Gasteiger partial charge on any atom is 0.171 e. The van der Waals surface area contributed by atoms with Crippen LogP contribution >= 0.6 is 28.1 Å². The van der Waals surface area contributed by atoms with Crippen LogP contribution in [0.5, 0.6) is 11.5 Å². The van der Waals surface area contributed by atoms with Crippen LogP contribution in [0.2, 0.25) is 0 Å². The molecule has 2 aromatic rings. The lowest BCUT2D eigenvalue weighted by molar-refractivity contribution is 0.0693. The fourth-order valence-electron chi connectivity index (χ4n) is 3.14. The zero-order valence-corrected chi connectivity index (χ0v) is 17.8. The lowest BCUT2D eigenvalue weighted by Crippen LogP contribution is -2.42. The molecule has 0 saturated carbocycles. The molecule has 1 heterocycles. The third kappa shape index (κ3) is 4.30. The zero-order valence-electron chi connectivity index (χ0n) is 15.4. The van der Waals surface area contributed by atoms with Gasteiger partial charge in [-0.2, -0.15) is 0 Å². The van der Waals surface area contributed by atoms with Crippen molar-refractivity contribution in [2.75, 3.05) is 12.4 Å². The molecule has 0 spiro atoms. The molecule has 1 atom stereocenters. The standard InChI is InChI=1S/C20H23BrN2O2S/c1-12-9-13(5-8-16(12)21)22-19(26)23-17-11-20(2,3)25-18-10-14(24-4)6-7-15(17)18/h5-10,17H,11H2,1-4H3,(H2,22,23,26). The Kier molecular flexibility index (Phi) is 5.44. The van der Waals surface area contributed by atoms with Crippen LogP contribution < -0.4 is 20.1 Å². The van der Waals surface area contributed by atoms with Crippen LogP contribution in [0.1, 0.15) is 37.4 Å². The summed E-state index contributed by atoms with van der Waals surface area (Å²) in [7, 11) is 1.66. The van der Waals surface area contributed by atoms with E-state index in [-0.39, 0.29) is 11.6 Å². The summed E-state index contributed by atoms with van der Waals surface area (Å²) in [5.41, 5.74) is 2.91. The van der Waals surface area contributed by atoms with Crippen molar-refractivity contribution in [3.05, 3.63) is 52.0 Å². The van der Waals surface area contributed by atoms with Gasteiger partial charge in [0.25, 0.3) is 0 Å². The van der Waals surface area contributed by atoms with Crippen LogP contribution in [0.3, 0.4) is 0 Å². The second-order valence-corrected chi connectivity index (χ2v) is 8.35. The fraction of sp³-hybridized carbons (Fsp3) is 0.350. The van der Waals surface area contributed by atoms with Gasteiger partial charge in [0.05, 0.1) is 13.2 Å². The molecule has 0 saturated heterocycles. The van der Waals surface area contributed by atoms with Gasteiger partial charge in [-0.3, -0.25) is 0 Å². The molecule has 0 fully saturated rings. The van der Waals surface area contributed by atoms with Crippen molar-refractivity contribution in [2.24, 2.45) is 0 Å². The zero-order chi connectivity index (χ0) is 18.9. The molecule has 26 heavy (non-hydrogen) atoms. The highest BCUT2D eigenvalue weighted by atomic mass is 79.9. The molecule has 4 nitrogen and oxygen atoms in total. The highest BCUT2D eigenvalue weighted by Crippen LogP contribution is 2.41. The second-order valence-electron chi connectivity index (χ2n) is 7.08. The Labute approximate surface area is 168 Å². The lowest BCUT2D eigenvalue weighted by atomic mass is 9.89. The smallest absolute Gasteiger partial charge is 0.171 e. The van der Waals surface area contributed by atoms with Crippen molar-refractivity contribution < 1.29 is 9.47 Å². The SMILES string of the molecule is COc1ccc2c(c1)OC(C)(C)CC2NC(=S)Nc1ccc(Br)c(C)c1. The van der Waals surface area contributed by atoms with E-state index in [9.17, 15) is 0 Å². The van der Waals surface area contributed by atoms with Gasteiger partial charge in [0, 0.05) is 28.2 Å². The van der Waals surface area contributed by atoms with Crippen LogP contribution in [-0.2, 0) is 0 Å². The van der Waals surface area contributed by atoms with Crippen LogP contribution in [0, 0.1) is 6.92 Å². The third-order valence-corrected chi connectivity index (χ3v) is 5.51. The predicted octanol–water partition coefficient (Wildman–Crippen LogP) is 5.35. The van der Waals surface area contributed by atoms with Gasteiger partial charge in [-0.15, -0.1) is 0 Å². The average molecular weight is 435 g/mol. The number of anilines is 1. The second kappa shape index (κ2) is 7.45. The first-order chi connectivity index (χ1) is 12.3. The van der Waals surface area contributed by atoms with E-state index in [1.807, 2.05) is 30.3 Å². The molecule has 2 N–H and O–H groups in total. The Hall–Kier alpha value is -1.79. The predicted molar refractivity (Wildman–Crippen MR) is 113 cm³/mol. The summed E-state index contributed by atoms with van der Waals surface area (Å²) in [6, 6.07) is 12.1. The van der Waals surface area contributed by atoms with E-state index in [0.29, 0.717) is 5.11 Å². The molecule has 138 valence electrons. The summed E-state index contributed by atoms with van der Waals surface area (Å²) in [6.45, 7) is 6.22. The minimum Gasteiger partial charge on any atom is -0.497 e. The minimum absolute atomic E-state index is 0.0659. The normalized spacial score (nSPS) is 17.7.